The highest BCUT2D eigenvalue weighted by Gasteiger charge is 2.30. The van der Waals surface area contributed by atoms with E-state index in [0.29, 0.717) is 6.04 Å². The molecule has 1 atom stereocenters. The van der Waals surface area contributed by atoms with Crippen molar-refractivity contribution < 1.29 is 0 Å². The lowest BCUT2D eigenvalue weighted by Crippen LogP contribution is -2.50. The van der Waals surface area contributed by atoms with Gasteiger partial charge >= 0.3 is 0 Å². The minimum Gasteiger partial charge on any atom is -0.298 e. The summed E-state index contributed by atoms with van der Waals surface area (Å²) in [6.45, 7) is 6.95. The average Bonchev–Trinajstić information content (AvgIpc) is 3.20. The lowest BCUT2D eigenvalue weighted by atomic mass is 9.95. The second kappa shape index (κ2) is 7.72. The smallest absolute Gasteiger partial charge is 0.0602 e. The predicted octanol–water partition coefficient (Wildman–Crippen LogP) is 4.64. The van der Waals surface area contributed by atoms with Crippen LogP contribution in [-0.4, -0.2) is 42.0 Å². The summed E-state index contributed by atoms with van der Waals surface area (Å²) >= 11 is 0. The lowest BCUT2D eigenvalue weighted by Gasteiger charge is -2.42. The number of nitrogens with zero attached hydrogens (tertiary/aromatic N) is 2. The van der Waals surface area contributed by atoms with Crippen molar-refractivity contribution in [2.24, 2.45) is 0 Å². The highest BCUT2D eigenvalue weighted by atomic mass is 15.3. The van der Waals surface area contributed by atoms with Gasteiger partial charge in [0.15, 0.2) is 0 Å². The minimum absolute atomic E-state index is 0.382. The van der Waals surface area contributed by atoms with Crippen LogP contribution < -0.4 is 0 Å². The minimum atomic E-state index is 0.382. The van der Waals surface area contributed by atoms with E-state index in [2.05, 4.69) is 71.3 Å². The van der Waals surface area contributed by atoms with Crippen molar-refractivity contribution in [1.82, 2.24) is 9.80 Å². The molecule has 132 valence electrons. The molecular formula is C23H30N2. The van der Waals surface area contributed by atoms with Crippen LogP contribution in [0.5, 0.6) is 0 Å². The maximum Gasteiger partial charge on any atom is 0.0602 e. The number of hydrogen-bond acceptors (Lipinski definition) is 2. The van der Waals surface area contributed by atoms with Crippen LogP contribution in [0.3, 0.4) is 0 Å². The van der Waals surface area contributed by atoms with E-state index in [9.17, 15) is 0 Å². The van der Waals surface area contributed by atoms with Gasteiger partial charge in [-0.1, -0.05) is 73.0 Å². The van der Waals surface area contributed by atoms with Crippen LogP contribution >= 0.6 is 0 Å². The fourth-order valence-corrected chi connectivity index (χ4v) is 4.63. The van der Waals surface area contributed by atoms with Crippen LogP contribution in [0.15, 0.2) is 54.6 Å². The quantitative estimate of drug-likeness (QED) is 0.803. The van der Waals surface area contributed by atoms with Crippen molar-refractivity contribution in [1.29, 1.82) is 0 Å². The molecule has 0 bridgehead atoms. The van der Waals surface area contributed by atoms with Gasteiger partial charge in [-0.3, -0.25) is 9.80 Å². The molecule has 2 heteroatoms. The summed E-state index contributed by atoms with van der Waals surface area (Å²) in [6.07, 6.45) is 5.70. The Morgan fingerprint density at radius 2 is 1.36 bits per heavy atom. The molecule has 1 aliphatic heterocycles. The second-order valence-electron chi connectivity index (χ2n) is 7.73. The largest absolute Gasteiger partial charge is 0.298 e. The SMILES string of the molecule is Cc1ccc(C(c2ccccc2)N2CCN(C3CCCC3)CC2)cc1. The van der Waals surface area contributed by atoms with Gasteiger partial charge in [0, 0.05) is 32.2 Å². The molecule has 2 aliphatic rings. The topological polar surface area (TPSA) is 6.48 Å². The van der Waals surface area contributed by atoms with Gasteiger partial charge in [0.2, 0.25) is 0 Å². The van der Waals surface area contributed by atoms with Gasteiger partial charge in [0.05, 0.1) is 6.04 Å². The van der Waals surface area contributed by atoms with Gasteiger partial charge in [-0.2, -0.15) is 0 Å². The van der Waals surface area contributed by atoms with Crippen LogP contribution in [-0.2, 0) is 0 Å². The molecular weight excluding hydrogens is 304 g/mol. The van der Waals surface area contributed by atoms with Gasteiger partial charge in [-0.25, -0.2) is 0 Å². The van der Waals surface area contributed by atoms with E-state index in [4.69, 9.17) is 0 Å². The van der Waals surface area contributed by atoms with Crippen molar-refractivity contribution in [2.75, 3.05) is 26.2 Å². The summed E-state index contributed by atoms with van der Waals surface area (Å²) in [6, 6.07) is 21.4. The molecule has 0 aromatic heterocycles. The van der Waals surface area contributed by atoms with E-state index in [1.54, 1.807) is 0 Å². The number of aryl methyl sites for hydroxylation is 1. The Morgan fingerprint density at radius 3 is 2.00 bits per heavy atom. The maximum atomic E-state index is 2.75. The Bertz CT molecular complexity index is 650. The molecule has 0 radical (unpaired) electrons. The predicted molar refractivity (Wildman–Crippen MR) is 105 cm³/mol. The zero-order valence-electron chi connectivity index (χ0n) is 15.4. The molecule has 2 fully saturated rings. The molecule has 2 aromatic carbocycles. The molecule has 0 N–H and O–H groups in total. The number of piperazine rings is 1. The third-order valence-corrected chi connectivity index (χ3v) is 6.06. The van der Waals surface area contributed by atoms with Crippen molar-refractivity contribution >= 4 is 0 Å². The average molecular weight is 335 g/mol. The van der Waals surface area contributed by atoms with Gasteiger partial charge in [-0.15, -0.1) is 0 Å². The molecule has 1 heterocycles. The first kappa shape index (κ1) is 16.8. The highest BCUT2D eigenvalue weighted by molar-refractivity contribution is 5.33. The lowest BCUT2D eigenvalue weighted by molar-refractivity contribution is 0.0804. The molecule has 1 saturated carbocycles. The number of rotatable bonds is 4. The van der Waals surface area contributed by atoms with E-state index in [0.717, 1.165) is 6.04 Å². The van der Waals surface area contributed by atoms with Gasteiger partial charge in [0.25, 0.3) is 0 Å². The molecule has 2 aromatic rings. The van der Waals surface area contributed by atoms with Gasteiger partial charge in [0.1, 0.15) is 0 Å². The fraction of sp³-hybridized carbons (Fsp3) is 0.478. The van der Waals surface area contributed by atoms with Crippen LogP contribution in [0.25, 0.3) is 0 Å². The Labute approximate surface area is 152 Å². The molecule has 1 saturated heterocycles. The zero-order valence-corrected chi connectivity index (χ0v) is 15.4. The van der Waals surface area contributed by atoms with E-state index >= 15 is 0 Å². The first-order valence-electron chi connectivity index (χ1n) is 9.91. The highest BCUT2D eigenvalue weighted by Crippen LogP contribution is 2.31. The van der Waals surface area contributed by atoms with Crippen LogP contribution in [0.1, 0.15) is 48.4 Å². The zero-order chi connectivity index (χ0) is 17.1. The van der Waals surface area contributed by atoms with Crippen molar-refractivity contribution in [2.45, 2.75) is 44.7 Å². The van der Waals surface area contributed by atoms with Crippen molar-refractivity contribution in [3.8, 4) is 0 Å². The van der Waals surface area contributed by atoms with Crippen LogP contribution in [0.2, 0.25) is 0 Å². The molecule has 0 spiro atoms. The number of hydrogen-bond donors (Lipinski definition) is 0. The van der Waals surface area contributed by atoms with E-state index < -0.39 is 0 Å². The fourth-order valence-electron chi connectivity index (χ4n) is 4.63. The monoisotopic (exact) mass is 334 g/mol. The summed E-state index contributed by atoms with van der Waals surface area (Å²) in [5.41, 5.74) is 4.17. The van der Waals surface area contributed by atoms with Gasteiger partial charge < -0.3 is 0 Å². The second-order valence-corrected chi connectivity index (χ2v) is 7.73. The number of benzene rings is 2. The van der Waals surface area contributed by atoms with Gasteiger partial charge in [-0.05, 0) is 30.9 Å². The van der Waals surface area contributed by atoms with E-state index in [1.165, 1.54) is 68.6 Å². The first-order chi connectivity index (χ1) is 12.3. The third-order valence-electron chi connectivity index (χ3n) is 6.06. The standard InChI is InChI=1S/C23H30N2/c1-19-11-13-21(14-12-19)23(20-7-3-2-4-8-20)25-17-15-24(16-18-25)22-9-5-6-10-22/h2-4,7-8,11-14,22-23H,5-6,9-10,15-18H2,1H3. The summed E-state index contributed by atoms with van der Waals surface area (Å²) in [5.74, 6) is 0. The Balaban J connectivity index is 1.53. The molecule has 25 heavy (non-hydrogen) atoms. The Morgan fingerprint density at radius 1 is 0.760 bits per heavy atom. The molecule has 1 unspecified atom stereocenters. The van der Waals surface area contributed by atoms with Crippen LogP contribution in [0.4, 0.5) is 0 Å². The summed E-state index contributed by atoms with van der Waals surface area (Å²) in [4.78, 5) is 5.44. The first-order valence-corrected chi connectivity index (χ1v) is 9.91. The summed E-state index contributed by atoms with van der Waals surface area (Å²) in [5, 5.41) is 0. The summed E-state index contributed by atoms with van der Waals surface area (Å²) < 4.78 is 0. The molecule has 2 nitrogen and oxygen atoms in total. The maximum absolute atomic E-state index is 2.75. The van der Waals surface area contributed by atoms with Crippen LogP contribution in [0, 0.1) is 6.92 Å². The normalized spacial score (nSPS) is 21.5. The molecule has 1 aliphatic carbocycles. The molecule has 4 rings (SSSR count). The molecule has 0 amide bonds. The van der Waals surface area contributed by atoms with Crippen molar-refractivity contribution in [3.05, 3.63) is 71.3 Å². The van der Waals surface area contributed by atoms with E-state index in [1.807, 2.05) is 0 Å². The third kappa shape index (κ3) is 3.80. The Hall–Kier alpha value is -1.64. The van der Waals surface area contributed by atoms with Crippen molar-refractivity contribution in [3.63, 3.8) is 0 Å². The Kier molecular flexibility index (Phi) is 5.19. The van der Waals surface area contributed by atoms with E-state index in [-0.39, 0.29) is 0 Å². The summed E-state index contributed by atoms with van der Waals surface area (Å²) in [7, 11) is 0.